The van der Waals surface area contributed by atoms with Crippen molar-refractivity contribution in [2.24, 2.45) is 11.8 Å². The zero-order valence-electron chi connectivity index (χ0n) is 21.0. The standard InChI is InChI=1S/C28H33FN2O3S.2ClH/c1-34-24-8-9-27-26(18-24)21(10-12-30-27)5-2-4-20-11-13-31(19-22(20)16-28(32)33)14-15-35-25-7-3-6-23(29)17-25;;/h3,6-10,12,17-18,20,22H,2,4-5,11,13-16,19H2,1H3,(H,32,33);2*1H/t20-,22+;;/m1../s1. The predicted octanol–water partition coefficient (Wildman–Crippen LogP) is 6.75. The Morgan fingerprint density at radius 1 is 1.19 bits per heavy atom. The maximum atomic E-state index is 13.4. The topological polar surface area (TPSA) is 62.7 Å². The number of ether oxygens (including phenoxy) is 1. The number of aryl methyl sites for hydroxylation is 1. The average molecular weight is 570 g/mol. The number of fused-ring (bicyclic) bond motifs is 1. The Labute approximate surface area is 235 Å². The molecule has 1 aromatic heterocycles. The first kappa shape index (κ1) is 31.2. The highest BCUT2D eigenvalue weighted by molar-refractivity contribution is 7.99. The highest BCUT2D eigenvalue weighted by Gasteiger charge is 2.30. The molecule has 1 aliphatic rings. The Balaban J connectivity index is 0.00000241. The second-order valence-electron chi connectivity index (χ2n) is 9.26. The number of thioether (sulfide) groups is 1. The van der Waals surface area contributed by atoms with Crippen LogP contribution in [0.4, 0.5) is 4.39 Å². The molecule has 1 fully saturated rings. The normalized spacial score (nSPS) is 17.6. The molecule has 0 bridgehead atoms. The van der Waals surface area contributed by atoms with Crippen LogP contribution < -0.4 is 4.74 Å². The summed E-state index contributed by atoms with van der Waals surface area (Å²) < 4.78 is 18.8. The number of benzene rings is 2. The van der Waals surface area contributed by atoms with Gasteiger partial charge in [-0.2, -0.15) is 0 Å². The molecule has 1 aliphatic heterocycles. The summed E-state index contributed by atoms with van der Waals surface area (Å²) in [6.07, 6.45) is 6.08. The van der Waals surface area contributed by atoms with Gasteiger partial charge in [0, 0.05) is 41.7 Å². The summed E-state index contributed by atoms with van der Waals surface area (Å²) in [6.45, 7) is 2.69. The number of methoxy groups -OCH3 is 1. The van der Waals surface area contributed by atoms with Crippen LogP contribution in [0.2, 0.25) is 0 Å². The summed E-state index contributed by atoms with van der Waals surface area (Å²) in [4.78, 5) is 19.4. The molecule has 0 radical (unpaired) electrons. The summed E-state index contributed by atoms with van der Waals surface area (Å²) in [6, 6.07) is 14.7. The maximum Gasteiger partial charge on any atom is 0.303 e. The van der Waals surface area contributed by atoms with E-state index in [0.29, 0.717) is 5.92 Å². The van der Waals surface area contributed by atoms with E-state index in [0.717, 1.165) is 72.6 Å². The molecule has 1 saturated heterocycles. The van der Waals surface area contributed by atoms with E-state index in [1.54, 1.807) is 31.0 Å². The number of rotatable bonds is 11. The Morgan fingerprint density at radius 3 is 2.78 bits per heavy atom. The number of carbonyl (C=O) groups is 1. The number of hydrogen-bond donors (Lipinski definition) is 1. The minimum Gasteiger partial charge on any atom is -0.497 e. The predicted molar refractivity (Wildman–Crippen MR) is 153 cm³/mol. The number of nitrogens with zero attached hydrogens (tertiary/aromatic N) is 2. The lowest BCUT2D eigenvalue weighted by Gasteiger charge is -2.38. The van der Waals surface area contributed by atoms with Crippen LogP contribution in [0.3, 0.4) is 0 Å². The highest BCUT2D eigenvalue weighted by Crippen LogP contribution is 2.32. The zero-order valence-corrected chi connectivity index (χ0v) is 23.4. The van der Waals surface area contributed by atoms with Crippen LogP contribution in [-0.4, -0.2) is 53.5 Å². The molecule has 0 spiro atoms. The van der Waals surface area contributed by atoms with Gasteiger partial charge in [0.15, 0.2) is 0 Å². The molecule has 1 N–H and O–H groups in total. The molecule has 0 saturated carbocycles. The van der Waals surface area contributed by atoms with E-state index >= 15 is 0 Å². The van der Waals surface area contributed by atoms with Gasteiger partial charge in [0.2, 0.25) is 0 Å². The second-order valence-corrected chi connectivity index (χ2v) is 10.4. The number of piperidine rings is 1. The number of hydrogen-bond acceptors (Lipinski definition) is 5. The number of aliphatic carboxylic acids is 1. The van der Waals surface area contributed by atoms with Crippen molar-refractivity contribution in [1.82, 2.24) is 9.88 Å². The number of carboxylic acid groups (broad SMARTS) is 1. The van der Waals surface area contributed by atoms with Gasteiger partial charge >= 0.3 is 5.97 Å². The fraction of sp³-hybridized carbons (Fsp3) is 0.429. The molecule has 9 heteroatoms. The quantitative estimate of drug-likeness (QED) is 0.258. The average Bonchev–Trinajstić information content (AvgIpc) is 2.85. The summed E-state index contributed by atoms with van der Waals surface area (Å²) in [5.41, 5.74) is 2.23. The molecule has 2 heterocycles. The first-order valence-corrected chi connectivity index (χ1v) is 13.2. The van der Waals surface area contributed by atoms with Crippen molar-refractivity contribution in [3.8, 4) is 5.75 Å². The summed E-state index contributed by atoms with van der Waals surface area (Å²) in [5, 5.41) is 10.6. The third-order valence-electron chi connectivity index (χ3n) is 6.94. The highest BCUT2D eigenvalue weighted by atomic mass is 35.5. The van der Waals surface area contributed by atoms with Crippen molar-refractivity contribution in [2.75, 3.05) is 32.5 Å². The van der Waals surface area contributed by atoms with Crippen LogP contribution in [0, 0.1) is 17.7 Å². The van der Waals surface area contributed by atoms with Crippen LogP contribution in [0.1, 0.15) is 31.2 Å². The lowest BCUT2D eigenvalue weighted by Crippen LogP contribution is -2.42. The molecular weight excluding hydrogens is 534 g/mol. The molecule has 5 nitrogen and oxygen atoms in total. The molecule has 0 amide bonds. The van der Waals surface area contributed by atoms with E-state index < -0.39 is 5.97 Å². The van der Waals surface area contributed by atoms with Gasteiger partial charge in [0.05, 0.1) is 12.6 Å². The molecule has 2 aromatic carbocycles. The first-order valence-electron chi connectivity index (χ1n) is 12.3. The van der Waals surface area contributed by atoms with Crippen molar-refractivity contribution < 1.29 is 19.0 Å². The largest absolute Gasteiger partial charge is 0.497 e. The maximum absolute atomic E-state index is 13.4. The van der Waals surface area contributed by atoms with Gasteiger partial charge in [-0.3, -0.25) is 9.78 Å². The van der Waals surface area contributed by atoms with Gasteiger partial charge in [-0.15, -0.1) is 36.6 Å². The van der Waals surface area contributed by atoms with Gasteiger partial charge < -0.3 is 14.7 Å². The van der Waals surface area contributed by atoms with Crippen LogP contribution in [0.15, 0.2) is 59.6 Å². The fourth-order valence-electron chi connectivity index (χ4n) is 5.13. The lowest BCUT2D eigenvalue weighted by molar-refractivity contribution is -0.139. The van der Waals surface area contributed by atoms with E-state index in [1.165, 1.54) is 11.6 Å². The fourth-order valence-corrected chi connectivity index (χ4v) is 6.08. The number of halogens is 3. The molecule has 2 atom stereocenters. The lowest BCUT2D eigenvalue weighted by atomic mass is 9.80. The summed E-state index contributed by atoms with van der Waals surface area (Å²) >= 11 is 1.65. The Hall–Kier alpha value is -2.06. The number of likely N-dealkylation sites (tertiary alicyclic amines) is 1. The summed E-state index contributed by atoms with van der Waals surface area (Å²) in [5.74, 6) is 1.35. The molecule has 0 unspecified atom stereocenters. The van der Waals surface area contributed by atoms with Crippen molar-refractivity contribution in [3.63, 3.8) is 0 Å². The zero-order chi connectivity index (χ0) is 24.6. The van der Waals surface area contributed by atoms with Crippen molar-refractivity contribution in [1.29, 1.82) is 0 Å². The SMILES string of the molecule is COc1ccc2nccc(CCC[C@@H]3CCN(CCSc4cccc(F)c4)C[C@@H]3CC(=O)O)c2c1.Cl.Cl. The van der Waals surface area contributed by atoms with E-state index in [4.69, 9.17) is 4.74 Å². The Morgan fingerprint density at radius 2 is 2.03 bits per heavy atom. The van der Waals surface area contributed by atoms with E-state index in [9.17, 15) is 14.3 Å². The molecular formula is C28H35Cl2FN2O3S. The van der Waals surface area contributed by atoms with Crippen molar-refractivity contribution in [3.05, 3.63) is 66.1 Å². The minimum absolute atomic E-state index is 0. The minimum atomic E-state index is -0.719. The Kier molecular flexibility index (Phi) is 12.9. The van der Waals surface area contributed by atoms with Gasteiger partial charge in [-0.1, -0.05) is 6.07 Å². The first-order chi connectivity index (χ1) is 17.0. The molecule has 202 valence electrons. The van der Waals surface area contributed by atoms with Gasteiger partial charge in [-0.05, 0) is 92.1 Å². The number of pyridine rings is 1. The smallest absolute Gasteiger partial charge is 0.303 e. The monoisotopic (exact) mass is 568 g/mol. The van der Waals surface area contributed by atoms with Crippen LogP contribution in [0.25, 0.3) is 10.9 Å². The van der Waals surface area contributed by atoms with E-state index in [2.05, 4.69) is 16.0 Å². The number of carboxylic acids is 1. The molecule has 0 aliphatic carbocycles. The van der Waals surface area contributed by atoms with E-state index in [-0.39, 0.29) is 43.0 Å². The van der Waals surface area contributed by atoms with Gasteiger partial charge in [-0.25, -0.2) is 4.39 Å². The van der Waals surface area contributed by atoms with Gasteiger partial charge in [0.25, 0.3) is 0 Å². The molecule has 3 aromatic rings. The number of aromatic nitrogens is 1. The third kappa shape index (κ3) is 9.02. The third-order valence-corrected chi connectivity index (χ3v) is 7.92. The van der Waals surface area contributed by atoms with Crippen LogP contribution in [-0.2, 0) is 11.2 Å². The van der Waals surface area contributed by atoms with Crippen LogP contribution in [0.5, 0.6) is 5.75 Å². The van der Waals surface area contributed by atoms with Crippen molar-refractivity contribution >= 4 is 53.4 Å². The Bertz CT molecular complexity index is 1150. The van der Waals surface area contributed by atoms with Gasteiger partial charge in [0.1, 0.15) is 11.6 Å². The van der Waals surface area contributed by atoms with Crippen molar-refractivity contribution in [2.45, 2.75) is 37.0 Å². The summed E-state index contributed by atoms with van der Waals surface area (Å²) in [7, 11) is 1.67. The molecule has 37 heavy (non-hydrogen) atoms. The second kappa shape index (κ2) is 15.4. The van der Waals surface area contributed by atoms with Crippen LogP contribution >= 0.6 is 36.6 Å². The van der Waals surface area contributed by atoms with E-state index in [1.807, 2.05) is 30.5 Å². The molecule has 4 rings (SSSR count).